The van der Waals surface area contributed by atoms with Gasteiger partial charge in [-0.3, -0.25) is 0 Å². The van der Waals surface area contributed by atoms with Gasteiger partial charge in [0.2, 0.25) is 9.05 Å². The van der Waals surface area contributed by atoms with Gasteiger partial charge in [0.1, 0.15) is 0 Å². The summed E-state index contributed by atoms with van der Waals surface area (Å²) in [6.45, 7) is 0. The van der Waals surface area contributed by atoms with Crippen LogP contribution in [-0.4, -0.2) is 44.3 Å². The molecule has 0 aromatic carbocycles. The third kappa shape index (κ3) is 7.19. The van der Waals surface area contributed by atoms with Gasteiger partial charge in [-0.05, 0) is 6.42 Å². The predicted molar refractivity (Wildman–Crippen MR) is 63.9 cm³/mol. The number of hydrogen-bond donors (Lipinski definition) is 0. The molecule has 2 nitrogen and oxygen atoms in total. The molecule has 1 unspecified atom stereocenters. The minimum Gasteiger partial charge on any atom is -0.223 e. The first-order valence-electron chi connectivity index (χ1n) is 6.21. The molecule has 0 aliphatic carbocycles. The third-order valence-corrected chi connectivity index (χ3v) is 4.31. The maximum Gasteiger partial charge on any atom is 0.431 e. The quantitative estimate of drug-likeness (QED) is 0.381. The van der Waals surface area contributed by atoms with E-state index in [2.05, 4.69) is 10.7 Å². The molecule has 26 heavy (non-hydrogen) atoms. The fourth-order valence-corrected chi connectivity index (χ4v) is 2.65. The van der Waals surface area contributed by atoms with E-state index in [-0.39, 0.29) is 0 Å². The average molecular weight is 457 g/mol. The topological polar surface area (TPSA) is 34.1 Å². The fraction of sp³-hybridized carbons (Fsp3) is 1.00. The molecule has 0 rings (SSSR count). The normalized spacial score (nSPS) is 16.7. The van der Waals surface area contributed by atoms with E-state index in [1.165, 1.54) is 0 Å². The highest BCUT2D eigenvalue weighted by molar-refractivity contribution is 8.13. The highest BCUT2D eigenvalue weighted by Crippen LogP contribution is 2.53. The molecule has 0 saturated carbocycles. The Kier molecular flexibility index (Phi) is 7.26. The summed E-state index contributed by atoms with van der Waals surface area (Å²) in [5.74, 6) is -10.3. The first kappa shape index (κ1) is 25.4. The van der Waals surface area contributed by atoms with Crippen LogP contribution in [-0.2, 0) is 9.05 Å². The van der Waals surface area contributed by atoms with Gasteiger partial charge in [-0.2, -0.15) is 39.5 Å². The van der Waals surface area contributed by atoms with Crippen LogP contribution in [0.25, 0.3) is 0 Å². The summed E-state index contributed by atoms with van der Waals surface area (Å²) in [5.41, 5.74) is -6.46. The number of halogens is 13. The second-order valence-electron chi connectivity index (χ2n) is 5.30. The lowest BCUT2D eigenvalue weighted by atomic mass is 9.89. The van der Waals surface area contributed by atoms with Crippen molar-refractivity contribution in [2.45, 2.75) is 49.4 Å². The van der Waals surface area contributed by atoms with Crippen LogP contribution in [0.15, 0.2) is 0 Å². The summed E-state index contributed by atoms with van der Waals surface area (Å²) >= 11 is 0. The van der Waals surface area contributed by atoms with Gasteiger partial charge in [-0.25, -0.2) is 21.6 Å². The van der Waals surface area contributed by atoms with E-state index in [1.807, 2.05) is 0 Å². The van der Waals surface area contributed by atoms with Crippen molar-refractivity contribution in [2.75, 3.05) is 5.75 Å². The summed E-state index contributed by atoms with van der Waals surface area (Å²) in [6, 6.07) is 0. The molecular formula is C10H9ClF12O2S. The van der Waals surface area contributed by atoms with Crippen LogP contribution in [0.3, 0.4) is 0 Å². The Morgan fingerprint density at radius 3 is 1.42 bits per heavy atom. The fourth-order valence-electron chi connectivity index (χ4n) is 1.81. The zero-order chi connectivity index (χ0) is 21.4. The van der Waals surface area contributed by atoms with Crippen molar-refractivity contribution in [3.63, 3.8) is 0 Å². The van der Waals surface area contributed by atoms with Crippen LogP contribution in [0.1, 0.15) is 19.3 Å². The molecule has 0 saturated heterocycles. The molecule has 0 aromatic rings. The van der Waals surface area contributed by atoms with Gasteiger partial charge >= 0.3 is 24.2 Å². The van der Waals surface area contributed by atoms with Gasteiger partial charge in [0.25, 0.3) is 5.92 Å². The Bertz CT molecular complexity index is 562. The van der Waals surface area contributed by atoms with E-state index < -0.39 is 70.1 Å². The summed E-state index contributed by atoms with van der Waals surface area (Å²) in [5, 5.41) is 0. The number of rotatable bonds is 7. The first-order valence-corrected chi connectivity index (χ1v) is 8.69. The lowest BCUT2D eigenvalue weighted by Gasteiger charge is -2.34. The summed E-state index contributed by atoms with van der Waals surface area (Å²) in [7, 11) is -0.0388. The van der Waals surface area contributed by atoms with Gasteiger partial charge in [-0.1, -0.05) is 0 Å². The molecule has 0 aliphatic heterocycles. The van der Waals surface area contributed by atoms with Gasteiger partial charge in [-0.15, -0.1) is 0 Å². The van der Waals surface area contributed by atoms with Crippen molar-refractivity contribution in [3.8, 4) is 0 Å². The van der Waals surface area contributed by atoms with Gasteiger partial charge in [0, 0.05) is 17.1 Å². The highest BCUT2D eigenvalue weighted by Gasteiger charge is 2.75. The van der Waals surface area contributed by atoms with Crippen LogP contribution >= 0.6 is 10.7 Å². The summed E-state index contributed by atoms with van der Waals surface area (Å²) < 4.78 is 173. The minimum absolute atomic E-state index is 1.53. The zero-order valence-corrected chi connectivity index (χ0v) is 13.6. The maximum absolute atomic E-state index is 13.5. The Labute approximate surface area is 142 Å². The largest absolute Gasteiger partial charge is 0.431 e. The molecule has 0 radical (unpaired) electrons. The molecule has 0 aromatic heterocycles. The second-order valence-corrected chi connectivity index (χ2v) is 8.20. The Balaban J connectivity index is 5.63. The predicted octanol–water partition coefficient (Wildman–Crippen LogP) is 5.37. The molecule has 0 aliphatic rings. The molecule has 16 heteroatoms. The summed E-state index contributed by atoms with van der Waals surface area (Å²) in [4.78, 5) is 0. The minimum atomic E-state index is -6.87. The number of hydrogen-bond acceptors (Lipinski definition) is 2. The van der Waals surface area contributed by atoms with Crippen LogP contribution in [0.2, 0.25) is 0 Å². The zero-order valence-electron chi connectivity index (χ0n) is 12.0. The average Bonchev–Trinajstić information content (AvgIpc) is 2.28. The Morgan fingerprint density at radius 1 is 0.769 bits per heavy atom. The lowest BCUT2D eigenvalue weighted by Crippen LogP contribution is -2.56. The van der Waals surface area contributed by atoms with Gasteiger partial charge < -0.3 is 0 Å². The van der Waals surface area contributed by atoms with E-state index in [0.717, 1.165) is 0 Å². The van der Waals surface area contributed by atoms with Crippen LogP contribution in [0.5, 0.6) is 0 Å². The standard InChI is InChI=1S/C10H9ClF12O2S/c11-26(24,25)2-1-5(8(15,16)17)3-6(12,13)4-7(14,9(18,19)20)10(21,22)23/h5H,1-4H2. The number of alkyl halides is 12. The second kappa shape index (κ2) is 7.43. The van der Waals surface area contributed by atoms with E-state index in [1.54, 1.807) is 0 Å². The third-order valence-electron chi connectivity index (χ3n) is 3.12. The van der Waals surface area contributed by atoms with E-state index in [0.29, 0.717) is 0 Å². The molecule has 0 amide bonds. The molecular weight excluding hydrogens is 448 g/mol. The Hall–Kier alpha value is -0.600. The van der Waals surface area contributed by atoms with Gasteiger partial charge in [0.15, 0.2) is 0 Å². The molecule has 0 N–H and O–H groups in total. The smallest absolute Gasteiger partial charge is 0.223 e. The highest BCUT2D eigenvalue weighted by atomic mass is 35.7. The molecule has 0 bridgehead atoms. The van der Waals surface area contributed by atoms with E-state index in [9.17, 15) is 61.1 Å². The van der Waals surface area contributed by atoms with Crippen LogP contribution in [0, 0.1) is 5.92 Å². The van der Waals surface area contributed by atoms with Crippen molar-refractivity contribution in [2.24, 2.45) is 5.92 Å². The molecule has 158 valence electrons. The van der Waals surface area contributed by atoms with Crippen molar-refractivity contribution in [1.82, 2.24) is 0 Å². The molecule has 0 spiro atoms. The van der Waals surface area contributed by atoms with Crippen molar-refractivity contribution >= 4 is 19.7 Å². The first-order chi connectivity index (χ1) is 11.0. The van der Waals surface area contributed by atoms with Crippen molar-refractivity contribution in [1.29, 1.82) is 0 Å². The van der Waals surface area contributed by atoms with Crippen molar-refractivity contribution < 1.29 is 61.1 Å². The lowest BCUT2D eigenvalue weighted by molar-refractivity contribution is -0.355. The van der Waals surface area contributed by atoms with E-state index >= 15 is 0 Å². The van der Waals surface area contributed by atoms with E-state index in [4.69, 9.17) is 0 Å². The Morgan fingerprint density at radius 2 is 1.15 bits per heavy atom. The molecule has 1 atom stereocenters. The monoisotopic (exact) mass is 456 g/mol. The van der Waals surface area contributed by atoms with Crippen LogP contribution < -0.4 is 0 Å². The van der Waals surface area contributed by atoms with Crippen LogP contribution in [0.4, 0.5) is 52.7 Å². The molecule has 0 heterocycles. The maximum atomic E-state index is 13.5. The molecule has 0 fully saturated rings. The summed E-state index contributed by atoms with van der Waals surface area (Å²) in [6.07, 6.45) is -27.4. The van der Waals surface area contributed by atoms with Gasteiger partial charge in [0.05, 0.1) is 18.1 Å². The SMILES string of the molecule is O=S(=O)(Cl)CCC(CC(F)(F)CC(F)(C(F)(F)F)C(F)(F)F)C(F)(F)F. The van der Waals surface area contributed by atoms with Crippen molar-refractivity contribution in [3.05, 3.63) is 0 Å².